The molecule has 1 unspecified atom stereocenters. The van der Waals surface area contributed by atoms with Crippen molar-refractivity contribution in [2.75, 3.05) is 0 Å². The van der Waals surface area contributed by atoms with Crippen LogP contribution >= 0.6 is 11.3 Å². The van der Waals surface area contributed by atoms with E-state index in [4.69, 9.17) is 5.73 Å². The van der Waals surface area contributed by atoms with Crippen LogP contribution in [0.25, 0.3) is 21.5 Å². The average molecular weight is 333 g/mol. The number of hydrogen-bond acceptors (Lipinski definition) is 6. The summed E-state index contributed by atoms with van der Waals surface area (Å²) in [5.74, 6) is 0. The van der Waals surface area contributed by atoms with Crippen LogP contribution in [0.4, 0.5) is 0 Å². The van der Waals surface area contributed by atoms with Gasteiger partial charge in [0.25, 0.3) is 0 Å². The van der Waals surface area contributed by atoms with Crippen molar-refractivity contribution in [3.63, 3.8) is 0 Å². The molecule has 0 amide bonds. The van der Waals surface area contributed by atoms with Crippen LogP contribution in [0.5, 0.6) is 0 Å². The molecule has 0 aliphatic heterocycles. The van der Waals surface area contributed by atoms with E-state index in [1.54, 1.807) is 23.9 Å². The van der Waals surface area contributed by atoms with Crippen LogP contribution in [0.1, 0.15) is 23.0 Å². The van der Waals surface area contributed by atoms with E-state index in [1.165, 1.54) is 0 Å². The fourth-order valence-corrected chi connectivity index (χ4v) is 3.56. The molecule has 0 aromatic carbocycles. The third-order valence-corrected chi connectivity index (χ3v) is 4.77. The molecule has 4 heterocycles. The highest BCUT2D eigenvalue weighted by molar-refractivity contribution is 7.17. The summed E-state index contributed by atoms with van der Waals surface area (Å²) in [5, 5.41) is 3.02. The Hall–Kier alpha value is -2.70. The van der Waals surface area contributed by atoms with Crippen LogP contribution in [0.15, 0.2) is 54.4 Å². The monoisotopic (exact) mass is 333 g/mol. The summed E-state index contributed by atoms with van der Waals surface area (Å²) in [7, 11) is 0. The smallest absolute Gasteiger partial charge is 0.127 e. The molecule has 0 aliphatic rings. The number of hydrogen-bond donors (Lipinski definition) is 1. The summed E-state index contributed by atoms with van der Waals surface area (Å²) in [5.41, 5.74) is 11.0. The van der Waals surface area contributed by atoms with Crippen LogP contribution in [0.3, 0.4) is 0 Å². The quantitative estimate of drug-likeness (QED) is 0.621. The van der Waals surface area contributed by atoms with Gasteiger partial charge in [-0.3, -0.25) is 9.97 Å². The number of rotatable bonds is 3. The largest absolute Gasteiger partial charge is 0.318 e. The van der Waals surface area contributed by atoms with E-state index in [1.807, 2.05) is 43.5 Å². The van der Waals surface area contributed by atoms with Crippen molar-refractivity contribution in [1.29, 1.82) is 0 Å². The number of pyridine rings is 2. The fourth-order valence-electron chi connectivity index (χ4n) is 2.65. The Balaban J connectivity index is 1.90. The van der Waals surface area contributed by atoms with Crippen LogP contribution in [-0.2, 0) is 0 Å². The predicted octanol–water partition coefficient (Wildman–Crippen LogP) is 3.50. The zero-order chi connectivity index (χ0) is 16.5. The van der Waals surface area contributed by atoms with Crippen LogP contribution in [-0.4, -0.2) is 19.9 Å². The average Bonchev–Trinajstić information content (AvgIpc) is 3.07. The molecule has 118 valence electrons. The second kappa shape index (κ2) is 6.07. The summed E-state index contributed by atoms with van der Waals surface area (Å²) in [6.45, 7) is 2.02. The van der Waals surface area contributed by atoms with Crippen LogP contribution in [0.2, 0.25) is 0 Å². The summed E-state index contributed by atoms with van der Waals surface area (Å²) < 4.78 is 0. The van der Waals surface area contributed by atoms with Gasteiger partial charge in [-0.2, -0.15) is 0 Å². The lowest BCUT2D eigenvalue weighted by Gasteiger charge is -2.12. The molecular formula is C18H15N5S. The van der Waals surface area contributed by atoms with Crippen molar-refractivity contribution in [1.82, 2.24) is 19.9 Å². The Kier molecular flexibility index (Phi) is 3.76. The van der Waals surface area contributed by atoms with Gasteiger partial charge in [0.1, 0.15) is 11.2 Å². The molecule has 0 spiro atoms. The van der Waals surface area contributed by atoms with E-state index < -0.39 is 6.04 Å². The highest BCUT2D eigenvalue weighted by atomic mass is 32.1. The van der Waals surface area contributed by atoms with Gasteiger partial charge in [0.2, 0.25) is 0 Å². The van der Waals surface area contributed by atoms with Crippen molar-refractivity contribution >= 4 is 21.6 Å². The Morgan fingerprint density at radius 1 is 1.04 bits per heavy atom. The second-order valence-corrected chi connectivity index (χ2v) is 6.40. The molecule has 0 bridgehead atoms. The van der Waals surface area contributed by atoms with Gasteiger partial charge in [-0.1, -0.05) is 12.1 Å². The first kappa shape index (κ1) is 14.9. The van der Waals surface area contributed by atoms with E-state index in [0.717, 1.165) is 38.4 Å². The van der Waals surface area contributed by atoms with Gasteiger partial charge in [0.05, 0.1) is 23.1 Å². The van der Waals surface area contributed by atoms with Gasteiger partial charge in [0.15, 0.2) is 0 Å². The first-order valence-electron chi connectivity index (χ1n) is 7.55. The van der Waals surface area contributed by atoms with Crippen LogP contribution < -0.4 is 5.73 Å². The summed E-state index contributed by atoms with van der Waals surface area (Å²) in [6.07, 6.45) is 5.16. The highest BCUT2D eigenvalue weighted by Crippen LogP contribution is 2.36. The Labute approximate surface area is 143 Å². The SMILES string of the molecule is Cc1ccc(-c2csc3ncnc(C(N)c4ccccn4)c23)nc1. The minimum atomic E-state index is -0.407. The van der Waals surface area contributed by atoms with Gasteiger partial charge in [0, 0.05) is 28.7 Å². The lowest BCUT2D eigenvalue weighted by atomic mass is 10.0. The van der Waals surface area contributed by atoms with Gasteiger partial charge in [-0.05, 0) is 30.7 Å². The maximum absolute atomic E-state index is 6.44. The van der Waals surface area contributed by atoms with Crippen molar-refractivity contribution < 1.29 is 0 Å². The first-order chi connectivity index (χ1) is 11.7. The number of aromatic nitrogens is 4. The molecule has 4 rings (SSSR count). The standard InChI is InChI=1S/C18H15N5S/c1-11-5-6-13(21-8-11)12-9-24-18-15(12)17(22-10-23-18)16(19)14-4-2-3-7-20-14/h2-10,16H,19H2,1H3. The number of fused-ring (bicyclic) bond motifs is 1. The maximum Gasteiger partial charge on any atom is 0.127 e. The highest BCUT2D eigenvalue weighted by Gasteiger charge is 2.20. The van der Waals surface area contributed by atoms with Gasteiger partial charge < -0.3 is 5.73 Å². The van der Waals surface area contributed by atoms with Gasteiger partial charge in [-0.25, -0.2) is 9.97 Å². The van der Waals surface area contributed by atoms with E-state index in [-0.39, 0.29) is 0 Å². The lowest BCUT2D eigenvalue weighted by molar-refractivity contribution is 0.800. The summed E-state index contributed by atoms with van der Waals surface area (Å²) in [4.78, 5) is 18.7. The zero-order valence-corrected chi connectivity index (χ0v) is 13.9. The zero-order valence-electron chi connectivity index (χ0n) is 13.0. The molecule has 0 saturated carbocycles. The molecule has 0 radical (unpaired) electrons. The van der Waals surface area contributed by atoms with E-state index >= 15 is 0 Å². The lowest BCUT2D eigenvalue weighted by Crippen LogP contribution is -2.15. The molecule has 6 heteroatoms. The van der Waals surface area contributed by atoms with Crippen molar-refractivity contribution in [3.05, 3.63) is 71.4 Å². The molecule has 0 aliphatic carbocycles. The Morgan fingerprint density at radius 3 is 2.71 bits per heavy atom. The second-order valence-electron chi connectivity index (χ2n) is 5.54. The van der Waals surface area contributed by atoms with E-state index in [2.05, 4.69) is 25.3 Å². The minimum Gasteiger partial charge on any atom is -0.318 e. The third kappa shape index (κ3) is 2.55. The molecule has 1 atom stereocenters. The number of nitrogens with two attached hydrogens (primary N) is 1. The Bertz CT molecular complexity index is 979. The van der Waals surface area contributed by atoms with Crippen LogP contribution in [0, 0.1) is 6.92 Å². The molecule has 2 N–H and O–H groups in total. The molecule has 5 nitrogen and oxygen atoms in total. The van der Waals surface area contributed by atoms with Crippen molar-refractivity contribution in [2.24, 2.45) is 5.73 Å². The summed E-state index contributed by atoms with van der Waals surface area (Å²) in [6, 6.07) is 9.37. The molecular weight excluding hydrogens is 318 g/mol. The summed E-state index contributed by atoms with van der Waals surface area (Å²) >= 11 is 1.57. The van der Waals surface area contributed by atoms with Gasteiger partial charge >= 0.3 is 0 Å². The topological polar surface area (TPSA) is 77.6 Å². The van der Waals surface area contributed by atoms with Crippen molar-refractivity contribution in [2.45, 2.75) is 13.0 Å². The number of aryl methyl sites for hydroxylation is 1. The van der Waals surface area contributed by atoms with E-state index in [0.29, 0.717) is 0 Å². The van der Waals surface area contributed by atoms with Crippen molar-refractivity contribution in [3.8, 4) is 11.3 Å². The molecule has 4 aromatic heterocycles. The van der Waals surface area contributed by atoms with E-state index in [9.17, 15) is 0 Å². The third-order valence-electron chi connectivity index (χ3n) is 3.89. The van der Waals surface area contributed by atoms with Gasteiger partial charge in [-0.15, -0.1) is 11.3 Å². The fraction of sp³-hybridized carbons (Fsp3) is 0.111. The number of thiophene rings is 1. The molecule has 0 fully saturated rings. The molecule has 24 heavy (non-hydrogen) atoms. The predicted molar refractivity (Wildman–Crippen MR) is 95.7 cm³/mol. The molecule has 4 aromatic rings. The normalized spacial score (nSPS) is 12.4. The Morgan fingerprint density at radius 2 is 1.96 bits per heavy atom. The minimum absolute atomic E-state index is 0.407. The first-order valence-corrected chi connectivity index (χ1v) is 8.43. The maximum atomic E-state index is 6.44. The molecule has 0 saturated heterocycles. The number of nitrogens with zero attached hydrogens (tertiary/aromatic N) is 4.